The number of benzene rings is 1. The van der Waals surface area contributed by atoms with Crippen molar-refractivity contribution in [1.29, 1.82) is 0 Å². The number of hydrogen-bond donors (Lipinski definition) is 1. The number of Topliss-reactive ketones (excluding diaryl/α,β-unsaturated/α-hetero) is 1. The predicted octanol–water partition coefficient (Wildman–Crippen LogP) is 1.17. The zero-order chi connectivity index (χ0) is 13.9. The van der Waals surface area contributed by atoms with Crippen LogP contribution in [0.15, 0.2) is 42.7 Å². The Morgan fingerprint density at radius 1 is 1.25 bits per heavy atom. The highest BCUT2D eigenvalue weighted by Crippen LogP contribution is 2.16. The summed E-state index contributed by atoms with van der Waals surface area (Å²) < 4.78 is 1.49. The van der Waals surface area contributed by atoms with Crippen LogP contribution in [0.5, 0.6) is 0 Å². The molecule has 0 saturated heterocycles. The second kappa shape index (κ2) is 5.18. The first-order valence-corrected chi connectivity index (χ1v) is 6.24. The van der Waals surface area contributed by atoms with Gasteiger partial charge in [-0.1, -0.05) is 23.4 Å². The lowest BCUT2D eigenvalue weighted by molar-refractivity contribution is 0.0968. The fourth-order valence-electron chi connectivity index (χ4n) is 2.07. The van der Waals surface area contributed by atoms with Gasteiger partial charge < -0.3 is 5.73 Å². The molecule has 6 heteroatoms. The van der Waals surface area contributed by atoms with E-state index in [4.69, 9.17) is 5.73 Å². The summed E-state index contributed by atoms with van der Waals surface area (Å²) in [4.78, 5) is 16.6. The van der Waals surface area contributed by atoms with E-state index in [1.807, 2.05) is 24.3 Å². The van der Waals surface area contributed by atoms with Gasteiger partial charge in [0.1, 0.15) is 6.54 Å². The molecule has 1 aromatic carbocycles. The highest BCUT2D eigenvalue weighted by atomic mass is 16.1. The number of carbonyl (C=O) groups excluding carboxylic acids is 1. The van der Waals surface area contributed by atoms with E-state index in [1.165, 1.54) is 4.68 Å². The van der Waals surface area contributed by atoms with E-state index in [0.717, 1.165) is 5.39 Å². The van der Waals surface area contributed by atoms with Gasteiger partial charge in [-0.3, -0.25) is 9.78 Å². The smallest absolute Gasteiger partial charge is 0.186 e. The van der Waals surface area contributed by atoms with Crippen molar-refractivity contribution in [3.05, 3.63) is 54.0 Å². The number of rotatable bonds is 4. The summed E-state index contributed by atoms with van der Waals surface area (Å²) in [5.74, 6) is -0.0530. The van der Waals surface area contributed by atoms with Gasteiger partial charge >= 0.3 is 0 Å². The maximum Gasteiger partial charge on any atom is 0.186 e. The Kier molecular flexibility index (Phi) is 3.22. The van der Waals surface area contributed by atoms with Crippen molar-refractivity contribution in [3.63, 3.8) is 0 Å². The van der Waals surface area contributed by atoms with Crippen molar-refractivity contribution in [2.45, 2.75) is 13.1 Å². The maximum absolute atomic E-state index is 12.4. The monoisotopic (exact) mass is 267 g/mol. The molecule has 0 radical (unpaired) electrons. The van der Waals surface area contributed by atoms with E-state index in [9.17, 15) is 4.79 Å². The standard InChI is InChI=1S/C14H13N5O/c15-7-11-8-19(18-17-11)9-13(20)12-5-1-3-10-4-2-6-16-14(10)12/h1-6,8H,7,9,15H2. The summed E-state index contributed by atoms with van der Waals surface area (Å²) in [5, 5.41) is 8.69. The molecule has 0 bridgehead atoms. The van der Waals surface area contributed by atoms with Crippen LogP contribution in [0.2, 0.25) is 0 Å². The zero-order valence-corrected chi connectivity index (χ0v) is 10.7. The first kappa shape index (κ1) is 12.4. The molecule has 2 heterocycles. The Morgan fingerprint density at radius 2 is 2.10 bits per heavy atom. The molecule has 2 N–H and O–H groups in total. The van der Waals surface area contributed by atoms with E-state index in [2.05, 4.69) is 15.3 Å². The van der Waals surface area contributed by atoms with Gasteiger partial charge in [-0.2, -0.15) is 0 Å². The third-order valence-corrected chi connectivity index (χ3v) is 3.03. The fourth-order valence-corrected chi connectivity index (χ4v) is 2.07. The predicted molar refractivity (Wildman–Crippen MR) is 74.0 cm³/mol. The average molecular weight is 267 g/mol. The summed E-state index contributed by atoms with van der Waals surface area (Å²) >= 11 is 0. The molecule has 20 heavy (non-hydrogen) atoms. The highest BCUT2D eigenvalue weighted by molar-refractivity contribution is 6.06. The number of ketones is 1. The van der Waals surface area contributed by atoms with Crippen LogP contribution in [0.1, 0.15) is 16.1 Å². The van der Waals surface area contributed by atoms with Crippen LogP contribution in [0.3, 0.4) is 0 Å². The molecule has 0 atom stereocenters. The number of para-hydroxylation sites is 1. The second-order valence-corrected chi connectivity index (χ2v) is 4.42. The van der Waals surface area contributed by atoms with Gasteiger partial charge in [0.2, 0.25) is 0 Å². The molecule has 0 amide bonds. The summed E-state index contributed by atoms with van der Waals surface area (Å²) in [6.45, 7) is 0.437. The maximum atomic E-state index is 12.4. The second-order valence-electron chi connectivity index (χ2n) is 4.42. The average Bonchev–Trinajstić information content (AvgIpc) is 2.94. The molecule has 100 valence electrons. The molecule has 2 aromatic heterocycles. The van der Waals surface area contributed by atoms with Crippen molar-refractivity contribution in [3.8, 4) is 0 Å². The van der Waals surface area contributed by atoms with Gasteiger partial charge in [0.25, 0.3) is 0 Å². The zero-order valence-electron chi connectivity index (χ0n) is 10.7. The van der Waals surface area contributed by atoms with Crippen LogP contribution in [0.25, 0.3) is 10.9 Å². The lowest BCUT2D eigenvalue weighted by atomic mass is 10.1. The topological polar surface area (TPSA) is 86.7 Å². The van der Waals surface area contributed by atoms with Crippen LogP contribution >= 0.6 is 0 Å². The molecule has 0 unspecified atom stereocenters. The number of nitrogens with two attached hydrogens (primary N) is 1. The number of fused-ring (bicyclic) bond motifs is 1. The van der Waals surface area contributed by atoms with Crippen LogP contribution in [0.4, 0.5) is 0 Å². The van der Waals surface area contributed by atoms with Crippen molar-refractivity contribution >= 4 is 16.7 Å². The van der Waals surface area contributed by atoms with Gasteiger partial charge in [-0.05, 0) is 12.1 Å². The number of aromatic nitrogens is 4. The molecular weight excluding hydrogens is 254 g/mol. The Labute approximate surface area is 115 Å². The van der Waals surface area contributed by atoms with Crippen molar-refractivity contribution in [2.24, 2.45) is 5.73 Å². The minimum atomic E-state index is -0.0530. The van der Waals surface area contributed by atoms with E-state index in [-0.39, 0.29) is 12.3 Å². The first-order valence-electron chi connectivity index (χ1n) is 6.24. The summed E-state index contributed by atoms with van der Waals surface area (Å²) in [6.07, 6.45) is 3.36. The van der Waals surface area contributed by atoms with Gasteiger partial charge in [0, 0.05) is 23.7 Å². The Bertz CT molecular complexity index is 760. The van der Waals surface area contributed by atoms with Crippen LogP contribution in [-0.4, -0.2) is 25.8 Å². The van der Waals surface area contributed by atoms with Crippen molar-refractivity contribution < 1.29 is 4.79 Å². The van der Waals surface area contributed by atoms with Gasteiger partial charge in [0.05, 0.1) is 17.4 Å². The summed E-state index contributed by atoms with van der Waals surface area (Å²) in [6, 6.07) is 9.34. The Hall–Kier alpha value is -2.60. The van der Waals surface area contributed by atoms with E-state index >= 15 is 0 Å². The van der Waals surface area contributed by atoms with E-state index < -0.39 is 0 Å². The normalized spacial score (nSPS) is 10.8. The molecule has 0 aliphatic heterocycles. The molecule has 0 aliphatic rings. The summed E-state index contributed by atoms with van der Waals surface area (Å²) in [7, 11) is 0. The molecule has 0 fully saturated rings. The third kappa shape index (κ3) is 2.28. The molecule has 0 spiro atoms. The van der Waals surface area contributed by atoms with Gasteiger partial charge in [-0.15, -0.1) is 5.10 Å². The molecule has 0 aliphatic carbocycles. The van der Waals surface area contributed by atoms with Gasteiger partial charge in [0.15, 0.2) is 5.78 Å². The number of carbonyl (C=O) groups is 1. The fraction of sp³-hybridized carbons (Fsp3) is 0.143. The van der Waals surface area contributed by atoms with E-state index in [0.29, 0.717) is 23.3 Å². The molecule has 6 nitrogen and oxygen atoms in total. The lowest BCUT2D eigenvalue weighted by Crippen LogP contribution is -2.12. The molecular formula is C14H13N5O. The molecule has 0 saturated carbocycles. The SMILES string of the molecule is NCc1cn(CC(=O)c2cccc3cccnc23)nn1. The summed E-state index contributed by atoms with van der Waals surface area (Å²) in [5.41, 5.74) is 7.43. The lowest BCUT2D eigenvalue weighted by Gasteiger charge is -2.04. The highest BCUT2D eigenvalue weighted by Gasteiger charge is 2.12. The third-order valence-electron chi connectivity index (χ3n) is 3.03. The molecule has 3 rings (SSSR count). The largest absolute Gasteiger partial charge is 0.325 e. The van der Waals surface area contributed by atoms with Gasteiger partial charge in [-0.25, -0.2) is 4.68 Å². The van der Waals surface area contributed by atoms with Crippen LogP contribution in [0, 0.1) is 0 Å². The minimum absolute atomic E-state index is 0.0530. The van der Waals surface area contributed by atoms with Crippen LogP contribution < -0.4 is 5.73 Å². The number of nitrogens with zero attached hydrogens (tertiary/aromatic N) is 4. The molecule has 3 aromatic rings. The Morgan fingerprint density at radius 3 is 2.90 bits per heavy atom. The number of hydrogen-bond acceptors (Lipinski definition) is 5. The quantitative estimate of drug-likeness (QED) is 0.717. The van der Waals surface area contributed by atoms with Crippen molar-refractivity contribution in [1.82, 2.24) is 20.0 Å². The van der Waals surface area contributed by atoms with Crippen molar-refractivity contribution in [2.75, 3.05) is 0 Å². The minimum Gasteiger partial charge on any atom is -0.325 e. The number of pyridine rings is 1. The van der Waals surface area contributed by atoms with E-state index in [1.54, 1.807) is 18.5 Å². The van der Waals surface area contributed by atoms with Crippen LogP contribution in [-0.2, 0) is 13.1 Å². The Balaban J connectivity index is 1.92. The first-order chi connectivity index (χ1) is 9.78.